The highest BCUT2D eigenvalue weighted by Crippen LogP contribution is 2.27. The third-order valence-electron chi connectivity index (χ3n) is 5.83. The summed E-state index contributed by atoms with van der Waals surface area (Å²) in [6.45, 7) is 0.260. The van der Waals surface area contributed by atoms with Crippen molar-refractivity contribution in [3.63, 3.8) is 0 Å². The lowest BCUT2D eigenvalue weighted by Gasteiger charge is -2.06. The molecule has 0 saturated carbocycles. The van der Waals surface area contributed by atoms with E-state index in [-0.39, 0.29) is 59.4 Å². The molecule has 0 fully saturated rings. The van der Waals surface area contributed by atoms with Gasteiger partial charge in [-0.05, 0) is 24.3 Å². The Kier molecular flexibility index (Phi) is 5.47. The van der Waals surface area contributed by atoms with Crippen LogP contribution in [0.5, 0.6) is 0 Å². The Labute approximate surface area is 223 Å². The number of rotatable bonds is 0. The van der Waals surface area contributed by atoms with Crippen molar-refractivity contribution in [2.24, 2.45) is 0 Å². The van der Waals surface area contributed by atoms with E-state index in [2.05, 4.69) is 40.5 Å². The summed E-state index contributed by atoms with van der Waals surface area (Å²) in [4.78, 5) is 51.6. The third-order valence-corrected chi connectivity index (χ3v) is 5.83. The summed E-state index contributed by atoms with van der Waals surface area (Å²) in [5.41, 5.74) is 2.64. The van der Waals surface area contributed by atoms with Crippen LogP contribution in [0.4, 0.5) is 0 Å². The highest BCUT2D eigenvalue weighted by Gasteiger charge is 2.20. The van der Waals surface area contributed by atoms with Gasteiger partial charge in [-0.3, -0.25) is 14.6 Å². The van der Waals surface area contributed by atoms with Crippen molar-refractivity contribution in [1.29, 1.82) is 0 Å². The van der Waals surface area contributed by atoms with E-state index < -0.39 is 11.8 Å². The molecular formula is C26H16N8O6. The molecule has 6 aromatic rings. The van der Waals surface area contributed by atoms with Crippen LogP contribution in [0, 0.1) is 0 Å². The van der Waals surface area contributed by atoms with Crippen molar-refractivity contribution in [2.45, 2.75) is 13.1 Å². The van der Waals surface area contributed by atoms with E-state index in [4.69, 9.17) is 17.7 Å². The second kappa shape index (κ2) is 9.43. The fourth-order valence-electron chi connectivity index (χ4n) is 3.89. The van der Waals surface area contributed by atoms with Gasteiger partial charge < -0.3 is 28.3 Å². The zero-order valence-corrected chi connectivity index (χ0v) is 20.3. The van der Waals surface area contributed by atoms with E-state index in [1.165, 1.54) is 25.1 Å². The predicted octanol–water partition coefficient (Wildman–Crippen LogP) is 3.27. The quantitative estimate of drug-likeness (QED) is 0.289. The van der Waals surface area contributed by atoms with Gasteiger partial charge >= 0.3 is 0 Å². The van der Waals surface area contributed by atoms with Gasteiger partial charge in [0.15, 0.2) is 22.8 Å². The number of carbonyl (C=O) groups excluding carboxylic acids is 2. The van der Waals surface area contributed by atoms with Crippen LogP contribution in [0.1, 0.15) is 32.4 Å². The molecule has 6 aromatic heterocycles. The van der Waals surface area contributed by atoms with Crippen LogP contribution in [-0.2, 0) is 13.1 Å². The molecule has 2 N–H and O–H groups in total. The fourth-order valence-corrected chi connectivity index (χ4v) is 3.89. The number of aromatic nitrogens is 6. The molecule has 0 saturated heterocycles. The SMILES string of the molecule is O=C1NCc2cccc(n2)CNC(=O)c2coc(n2)-c2coc(n2)-c2cccc(n2)-c2nc(co2)-c2nc1co2. The number of fused-ring (bicyclic) bond motifs is 16. The Morgan fingerprint density at radius 3 is 1.38 bits per heavy atom. The first-order chi connectivity index (χ1) is 19.6. The maximum Gasteiger partial charge on any atom is 0.273 e. The van der Waals surface area contributed by atoms with Gasteiger partial charge in [0.2, 0.25) is 23.6 Å². The molecule has 2 amide bonds. The van der Waals surface area contributed by atoms with Gasteiger partial charge in [-0.2, -0.15) is 0 Å². The van der Waals surface area contributed by atoms with Crippen LogP contribution in [0.25, 0.3) is 46.3 Å². The molecular weight excluding hydrogens is 520 g/mol. The minimum atomic E-state index is -0.463. The van der Waals surface area contributed by atoms with E-state index in [9.17, 15) is 9.59 Å². The lowest BCUT2D eigenvalue weighted by molar-refractivity contribution is 0.0938. The predicted molar refractivity (Wildman–Crippen MR) is 133 cm³/mol. The lowest BCUT2D eigenvalue weighted by Crippen LogP contribution is -2.25. The Hall–Kier alpha value is -5.92. The van der Waals surface area contributed by atoms with Crippen LogP contribution in [-0.4, -0.2) is 41.7 Å². The average Bonchev–Trinajstić information content (AvgIpc) is 3.80. The normalized spacial score (nSPS) is 13.3. The first-order valence-electron chi connectivity index (χ1n) is 11.9. The maximum atomic E-state index is 12.7. The van der Waals surface area contributed by atoms with Crippen molar-refractivity contribution in [1.82, 2.24) is 40.5 Å². The third kappa shape index (κ3) is 4.38. The van der Waals surface area contributed by atoms with Gasteiger partial charge in [0.25, 0.3) is 11.8 Å². The van der Waals surface area contributed by atoms with Crippen molar-refractivity contribution < 1.29 is 27.3 Å². The van der Waals surface area contributed by atoms with Gasteiger partial charge in [0.1, 0.15) is 36.4 Å². The van der Waals surface area contributed by atoms with Crippen LogP contribution in [0.3, 0.4) is 0 Å². The molecule has 0 atom stereocenters. The minimum absolute atomic E-state index is 0.0595. The highest BCUT2D eigenvalue weighted by atomic mass is 16.4. The summed E-state index contributed by atoms with van der Waals surface area (Å²) in [6.07, 6.45) is 5.17. The lowest BCUT2D eigenvalue weighted by atomic mass is 10.3. The molecule has 196 valence electrons. The monoisotopic (exact) mass is 536 g/mol. The standard InChI is InChI=1S/C26H16N8O6/c35-21-17-9-37-25(31-17)19-11-39-23(33-19)15-5-2-6-16(30-15)24-34-20(12-40-24)26-32-18(10-38-26)22(36)28-8-14-4-1-3-13(29-14)7-27-21/h1-6,9-12H,7-8H2,(H,27,35)(H,28,36). The molecule has 14 heteroatoms. The van der Waals surface area contributed by atoms with Crippen molar-refractivity contribution in [3.8, 4) is 46.3 Å². The number of oxazole rings is 4. The topological polar surface area (TPSA) is 188 Å². The van der Waals surface area contributed by atoms with E-state index in [1.807, 2.05) is 0 Å². The smallest absolute Gasteiger partial charge is 0.273 e. The van der Waals surface area contributed by atoms with Gasteiger partial charge in [0.05, 0.1) is 24.5 Å². The summed E-state index contributed by atoms with van der Waals surface area (Å²) >= 11 is 0. The molecule has 1 aliphatic heterocycles. The molecule has 14 nitrogen and oxygen atoms in total. The zero-order valence-electron chi connectivity index (χ0n) is 20.3. The Bertz CT molecular complexity index is 1760. The fraction of sp³-hybridized carbons (Fsp3) is 0.0769. The first kappa shape index (κ1) is 23.2. The number of nitrogens with zero attached hydrogens (tertiary/aromatic N) is 6. The first-order valence-corrected chi connectivity index (χ1v) is 11.9. The molecule has 12 bridgehead atoms. The van der Waals surface area contributed by atoms with E-state index in [0.717, 1.165) is 0 Å². The molecule has 40 heavy (non-hydrogen) atoms. The molecule has 0 radical (unpaired) electrons. The summed E-state index contributed by atoms with van der Waals surface area (Å²) < 4.78 is 22.1. The van der Waals surface area contributed by atoms with E-state index >= 15 is 0 Å². The summed E-state index contributed by atoms with van der Waals surface area (Å²) in [5.74, 6) is -0.341. The number of pyridine rings is 2. The zero-order chi connectivity index (χ0) is 27.1. The van der Waals surface area contributed by atoms with E-state index in [1.54, 1.807) is 36.4 Å². The molecule has 1 aliphatic rings. The number of hydrogen-bond donors (Lipinski definition) is 2. The Morgan fingerprint density at radius 2 is 0.875 bits per heavy atom. The van der Waals surface area contributed by atoms with E-state index in [0.29, 0.717) is 22.8 Å². The van der Waals surface area contributed by atoms with Gasteiger partial charge in [0, 0.05) is 0 Å². The highest BCUT2D eigenvalue weighted by molar-refractivity contribution is 5.92. The Morgan fingerprint density at radius 1 is 0.475 bits per heavy atom. The summed E-state index contributed by atoms with van der Waals surface area (Å²) in [7, 11) is 0. The largest absolute Gasteiger partial charge is 0.442 e. The molecule has 0 aliphatic carbocycles. The van der Waals surface area contributed by atoms with Gasteiger partial charge in [-0.15, -0.1) is 0 Å². The molecule has 7 heterocycles. The van der Waals surface area contributed by atoms with Crippen molar-refractivity contribution in [2.75, 3.05) is 0 Å². The van der Waals surface area contributed by atoms with Crippen molar-refractivity contribution >= 4 is 11.8 Å². The average molecular weight is 536 g/mol. The maximum absolute atomic E-state index is 12.7. The minimum Gasteiger partial charge on any atom is -0.442 e. The van der Waals surface area contributed by atoms with Crippen LogP contribution in [0.2, 0.25) is 0 Å². The summed E-state index contributed by atoms with van der Waals surface area (Å²) in [6, 6.07) is 10.4. The molecule has 0 spiro atoms. The number of nitrogens with one attached hydrogen (secondary N) is 2. The van der Waals surface area contributed by atoms with Crippen LogP contribution < -0.4 is 10.6 Å². The molecule has 0 aromatic carbocycles. The second-order valence-corrected chi connectivity index (χ2v) is 8.55. The number of hydrogen-bond acceptors (Lipinski definition) is 12. The summed E-state index contributed by atoms with van der Waals surface area (Å²) in [5, 5.41) is 5.50. The van der Waals surface area contributed by atoms with Crippen molar-refractivity contribution in [3.05, 3.63) is 84.2 Å². The van der Waals surface area contributed by atoms with Crippen LogP contribution in [0.15, 0.2) is 79.1 Å². The number of carbonyl (C=O) groups is 2. The number of amides is 2. The van der Waals surface area contributed by atoms with Gasteiger partial charge in [-0.1, -0.05) is 12.1 Å². The molecule has 0 unspecified atom stereocenters. The van der Waals surface area contributed by atoms with Gasteiger partial charge in [-0.25, -0.2) is 24.9 Å². The van der Waals surface area contributed by atoms with Crippen LogP contribution >= 0.6 is 0 Å². The Balaban J connectivity index is 1.26. The molecule has 7 rings (SSSR count). The second-order valence-electron chi connectivity index (χ2n) is 8.55.